The van der Waals surface area contributed by atoms with E-state index in [1.54, 1.807) is 0 Å². The molecule has 2 aromatic carbocycles. The Morgan fingerprint density at radius 1 is 1.08 bits per heavy atom. The molecule has 0 saturated carbocycles. The minimum Gasteiger partial charge on any atom is -0.457 e. The van der Waals surface area contributed by atoms with Gasteiger partial charge in [0.15, 0.2) is 0 Å². The van der Waals surface area contributed by atoms with Crippen molar-refractivity contribution in [2.24, 2.45) is 5.41 Å². The van der Waals surface area contributed by atoms with Gasteiger partial charge in [0.25, 0.3) is 0 Å². The summed E-state index contributed by atoms with van der Waals surface area (Å²) in [6, 6.07) is 15.2. The summed E-state index contributed by atoms with van der Waals surface area (Å²) in [6.45, 7) is 6.07. The number of aliphatic hydroxyl groups is 1. The molecule has 0 aliphatic carbocycles. The molecule has 4 heteroatoms. The largest absolute Gasteiger partial charge is 0.457 e. The van der Waals surface area contributed by atoms with Gasteiger partial charge in [-0.15, -0.1) is 0 Å². The number of hydrogen-bond acceptors (Lipinski definition) is 3. The van der Waals surface area contributed by atoms with Crippen molar-refractivity contribution in [3.63, 3.8) is 0 Å². The van der Waals surface area contributed by atoms with Crippen LogP contribution in [-0.4, -0.2) is 23.7 Å². The molecule has 0 unspecified atom stereocenters. The topological polar surface area (TPSA) is 58.6 Å². The summed E-state index contributed by atoms with van der Waals surface area (Å²) >= 11 is 0. The van der Waals surface area contributed by atoms with Gasteiger partial charge in [0, 0.05) is 17.7 Å². The molecule has 0 aromatic heterocycles. The van der Waals surface area contributed by atoms with E-state index in [0.29, 0.717) is 11.5 Å². The van der Waals surface area contributed by atoms with Crippen LogP contribution in [0.3, 0.4) is 0 Å². The molecule has 24 heavy (non-hydrogen) atoms. The fourth-order valence-corrected chi connectivity index (χ4v) is 2.80. The minimum absolute atomic E-state index is 0.124. The molecule has 1 heterocycles. The number of aliphatic hydroxyl groups excluding tert-OH is 1. The second-order valence-electron chi connectivity index (χ2n) is 7.24. The Kier molecular flexibility index (Phi) is 4.33. The number of para-hydroxylation sites is 2. The number of benzene rings is 2. The fraction of sp³-hybridized carbons (Fsp3) is 0.350. The number of hydrogen-bond donors (Lipinski definition) is 2. The van der Waals surface area contributed by atoms with Crippen molar-refractivity contribution < 1.29 is 14.6 Å². The van der Waals surface area contributed by atoms with Crippen LogP contribution in [0.25, 0.3) is 0 Å². The Balaban J connectivity index is 1.88. The SMILES string of the molecule is CC(C)(C)[C@@H](O)CNC(=O)C1c2ccccc2Oc2ccccc21. The van der Waals surface area contributed by atoms with Crippen LogP contribution in [-0.2, 0) is 4.79 Å². The van der Waals surface area contributed by atoms with E-state index in [2.05, 4.69) is 5.32 Å². The summed E-state index contributed by atoms with van der Waals surface area (Å²) < 4.78 is 5.91. The number of amides is 1. The lowest BCUT2D eigenvalue weighted by molar-refractivity contribution is -0.122. The first-order valence-electron chi connectivity index (χ1n) is 8.19. The maximum atomic E-state index is 12.9. The summed E-state index contributed by atoms with van der Waals surface area (Å²) in [5.41, 5.74) is 1.41. The second kappa shape index (κ2) is 6.29. The van der Waals surface area contributed by atoms with E-state index in [9.17, 15) is 9.90 Å². The first-order chi connectivity index (χ1) is 11.4. The Hall–Kier alpha value is -2.33. The molecule has 126 valence electrons. The molecule has 2 aromatic rings. The predicted octanol–water partition coefficient (Wildman–Crippen LogP) is 3.45. The zero-order valence-corrected chi connectivity index (χ0v) is 14.2. The lowest BCUT2D eigenvalue weighted by atomic mass is 9.86. The molecule has 0 fully saturated rings. The Morgan fingerprint density at radius 3 is 2.08 bits per heavy atom. The van der Waals surface area contributed by atoms with Crippen LogP contribution in [0.15, 0.2) is 48.5 Å². The van der Waals surface area contributed by atoms with E-state index in [0.717, 1.165) is 11.1 Å². The van der Waals surface area contributed by atoms with Crippen LogP contribution in [0.2, 0.25) is 0 Å². The molecule has 1 amide bonds. The van der Waals surface area contributed by atoms with Crippen LogP contribution in [0.4, 0.5) is 0 Å². The third kappa shape index (κ3) is 3.15. The van der Waals surface area contributed by atoms with Gasteiger partial charge in [-0.25, -0.2) is 0 Å². The van der Waals surface area contributed by atoms with Crippen LogP contribution < -0.4 is 10.1 Å². The lowest BCUT2D eigenvalue weighted by Crippen LogP contribution is -2.41. The maximum absolute atomic E-state index is 12.9. The monoisotopic (exact) mass is 325 g/mol. The second-order valence-corrected chi connectivity index (χ2v) is 7.24. The molecule has 1 aliphatic rings. The Labute approximate surface area is 142 Å². The highest BCUT2D eigenvalue weighted by Gasteiger charge is 2.33. The van der Waals surface area contributed by atoms with Crippen LogP contribution in [0.1, 0.15) is 37.8 Å². The van der Waals surface area contributed by atoms with Crippen molar-refractivity contribution in [2.45, 2.75) is 32.8 Å². The summed E-state index contributed by atoms with van der Waals surface area (Å²) in [7, 11) is 0. The highest BCUT2D eigenvalue weighted by atomic mass is 16.5. The minimum atomic E-state index is -0.605. The van der Waals surface area contributed by atoms with Crippen molar-refractivity contribution in [2.75, 3.05) is 6.54 Å². The Morgan fingerprint density at radius 2 is 1.58 bits per heavy atom. The van der Waals surface area contributed by atoms with Gasteiger partial charge in [-0.2, -0.15) is 0 Å². The highest BCUT2D eigenvalue weighted by Crippen LogP contribution is 2.43. The third-order valence-corrected chi connectivity index (χ3v) is 4.41. The molecule has 4 nitrogen and oxygen atoms in total. The molecule has 0 radical (unpaired) electrons. The van der Waals surface area contributed by atoms with Gasteiger partial charge in [0.2, 0.25) is 5.91 Å². The van der Waals surface area contributed by atoms with E-state index in [1.807, 2.05) is 69.3 Å². The van der Waals surface area contributed by atoms with Crippen molar-refractivity contribution in [3.05, 3.63) is 59.7 Å². The molecule has 1 atom stereocenters. The van der Waals surface area contributed by atoms with Gasteiger partial charge in [-0.3, -0.25) is 4.79 Å². The normalized spacial score (nSPS) is 15.0. The van der Waals surface area contributed by atoms with Crippen molar-refractivity contribution in [3.8, 4) is 11.5 Å². The Bertz CT molecular complexity index is 703. The van der Waals surface area contributed by atoms with Gasteiger partial charge < -0.3 is 15.2 Å². The average molecular weight is 325 g/mol. The smallest absolute Gasteiger partial charge is 0.232 e. The number of rotatable bonds is 3. The number of nitrogens with one attached hydrogen (secondary N) is 1. The number of fused-ring (bicyclic) bond motifs is 2. The zero-order valence-electron chi connectivity index (χ0n) is 14.2. The third-order valence-electron chi connectivity index (χ3n) is 4.41. The number of carbonyl (C=O) groups excluding carboxylic acids is 1. The summed E-state index contributed by atoms with van der Waals surface area (Å²) in [4.78, 5) is 12.9. The molecule has 1 aliphatic heterocycles. The quantitative estimate of drug-likeness (QED) is 0.909. The molecular weight excluding hydrogens is 302 g/mol. The summed E-state index contributed by atoms with van der Waals surface area (Å²) in [5.74, 6) is 0.847. The summed E-state index contributed by atoms with van der Waals surface area (Å²) in [6.07, 6.45) is -0.605. The predicted molar refractivity (Wildman–Crippen MR) is 93.3 cm³/mol. The molecule has 2 N–H and O–H groups in total. The van der Waals surface area contributed by atoms with E-state index in [-0.39, 0.29) is 17.9 Å². The van der Waals surface area contributed by atoms with E-state index in [4.69, 9.17) is 4.74 Å². The van der Waals surface area contributed by atoms with Crippen LogP contribution in [0.5, 0.6) is 11.5 Å². The van der Waals surface area contributed by atoms with Gasteiger partial charge >= 0.3 is 0 Å². The number of ether oxygens (including phenoxy) is 1. The average Bonchev–Trinajstić information content (AvgIpc) is 2.56. The molecule has 0 saturated heterocycles. The number of carbonyl (C=O) groups is 1. The van der Waals surface area contributed by atoms with Gasteiger partial charge in [0.1, 0.15) is 11.5 Å². The van der Waals surface area contributed by atoms with Crippen molar-refractivity contribution in [1.82, 2.24) is 5.32 Å². The van der Waals surface area contributed by atoms with Gasteiger partial charge in [-0.1, -0.05) is 57.2 Å². The molecule has 0 bridgehead atoms. The molecule has 0 spiro atoms. The van der Waals surface area contributed by atoms with Gasteiger partial charge in [-0.05, 0) is 17.5 Å². The van der Waals surface area contributed by atoms with E-state index < -0.39 is 12.0 Å². The van der Waals surface area contributed by atoms with Crippen LogP contribution in [0, 0.1) is 5.41 Å². The van der Waals surface area contributed by atoms with E-state index >= 15 is 0 Å². The van der Waals surface area contributed by atoms with E-state index in [1.165, 1.54) is 0 Å². The lowest BCUT2D eigenvalue weighted by Gasteiger charge is -2.29. The standard InChI is InChI=1S/C20H23NO3/c1-20(2,3)17(22)12-21-19(23)18-13-8-4-6-10-15(13)24-16-11-7-5-9-14(16)18/h4-11,17-18,22H,12H2,1-3H3,(H,21,23)/t17-/m0/s1. The summed E-state index contributed by atoms with van der Waals surface area (Å²) in [5, 5.41) is 13.1. The van der Waals surface area contributed by atoms with Crippen molar-refractivity contribution in [1.29, 1.82) is 0 Å². The van der Waals surface area contributed by atoms with Crippen molar-refractivity contribution >= 4 is 5.91 Å². The fourth-order valence-electron chi connectivity index (χ4n) is 2.80. The molecule has 3 rings (SSSR count). The maximum Gasteiger partial charge on any atom is 0.232 e. The van der Waals surface area contributed by atoms with Gasteiger partial charge in [0.05, 0.1) is 12.0 Å². The first kappa shape index (κ1) is 16.5. The highest BCUT2D eigenvalue weighted by molar-refractivity contribution is 5.89. The van der Waals surface area contributed by atoms with Crippen LogP contribution >= 0.6 is 0 Å². The molecular formula is C20H23NO3. The zero-order chi connectivity index (χ0) is 17.3. The first-order valence-corrected chi connectivity index (χ1v) is 8.19.